The fourth-order valence-electron chi connectivity index (χ4n) is 3.23. The smallest absolute Gasteiger partial charge is 0.243 e. The lowest BCUT2D eigenvalue weighted by Gasteiger charge is -2.34. The molecule has 0 bridgehead atoms. The van der Waals surface area contributed by atoms with Gasteiger partial charge in [0.05, 0.1) is 10.9 Å². The first-order valence-electron chi connectivity index (χ1n) is 9.22. The highest BCUT2D eigenvalue weighted by atomic mass is 32.2. The summed E-state index contributed by atoms with van der Waals surface area (Å²) in [7, 11) is -3.63. The van der Waals surface area contributed by atoms with Crippen LogP contribution in [0.4, 0.5) is 5.69 Å². The number of amides is 1. The Balaban J connectivity index is 1.85. The molecule has 1 aromatic carbocycles. The van der Waals surface area contributed by atoms with E-state index in [0.717, 1.165) is 24.8 Å². The topological polar surface area (TPSA) is 79.4 Å². The highest BCUT2D eigenvalue weighted by Crippen LogP contribution is 2.35. The van der Waals surface area contributed by atoms with E-state index in [4.69, 9.17) is 0 Å². The lowest BCUT2D eigenvalue weighted by atomic mass is 9.99. The summed E-state index contributed by atoms with van der Waals surface area (Å²) in [5.74, 6) is -0.236. The molecule has 1 fully saturated rings. The monoisotopic (exact) mass is 387 g/mol. The van der Waals surface area contributed by atoms with Gasteiger partial charge in [-0.1, -0.05) is 26.3 Å². The second kappa shape index (κ2) is 8.19. The Morgan fingerprint density at radius 2 is 1.93 bits per heavy atom. The highest BCUT2D eigenvalue weighted by molar-refractivity contribution is 7.89. The number of carbonyl (C=O) groups excluding carboxylic acids is 1. The Bertz CT molecular complexity index is 880. The molecule has 6 nitrogen and oxygen atoms in total. The van der Waals surface area contributed by atoms with Gasteiger partial charge in [-0.05, 0) is 48.7 Å². The number of hydrogen-bond donors (Lipinski definition) is 1. The van der Waals surface area contributed by atoms with Crippen molar-refractivity contribution in [3.05, 3.63) is 54.4 Å². The molecular formula is C20H25N3O3S. The van der Waals surface area contributed by atoms with Crippen LogP contribution in [0.2, 0.25) is 0 Å². The zero-order valence-corrected chi connectivity index (χ0v) is 16.4. The number of aromatic nitrogens is 1. The number of anilines is 1. The maximum atomic E-state index is 13.2. The maximum Gasteiger partial charge on any atom is 0.243 e. The number of rotatable bonds is 5. The SMILES string of the molecule is CC(C)C(=O)Nc1ccc(S(=O)(=O)N2CCCCC2c2cccnc2)cc1. The Hall–Kier alpha value is -2.25. The summed E-state index contributed by atoms with van der Waals surface area (Å²) in [4.78, 5) is 16.2. The molecule has 1 aliphatic rings. The second-order valence-electron chi connectivity index (χ2n) is 7.08. The van der Waals surface area contributed by atoms with E-state index in [-0.39, 0.29) is 22.8 Å². The van der Waals surface area contributed by atoms with E-state index < -0.39 is 10.0 Å². The van der Waals surface area contributed by atoms with E-state index in [1.54, 1.807) is 41.0 Å². The minimum atomic E-state index is -3.63. The molecule has 2 heterocycles. The molecule has 0 spiro atoms. The summed E-state index contributed by atoms with van der Waals surface area (Å²) < 4.78 is 28.0. The van der Waals surface area contributed by atoms with Crippen LogP contribution in [0.1, 0.15) is 44.7 Å². The van der Waals surface area contributed by atoms with Crippen LogP contribution in [0.3, 0.4) is 0 Å². The fraction of sp³-hybridized carbons (Fsp3) is 0.400. The van der Waals surface area contributed by atoms with Gasteiger partial charge in [-0.3, -0.25) is 9.78 Å². The molecule has 0 saturated carbocycles. The van der Waals surface area contributed by atoms with E-state index in [2.05, 4.69) is 10.3 Å². The summed E-state index contributed by atoms with van der Waals surface area (Å²) in [6, 6.07) is 9.95. The van der Waals surface area contributed by atoms with Gasteiger partial charge in [-0.25, -0.2) is 8.42 Å². The van der Waals surface area contributed by atoms with Gasteiger partial charge in [0.1, 0.15) is 0 Å². The Morgan fingerprint density at radius 1 is 1.19 bits per heavy atom. The number of benzene rings is 1. The predicted molar refractivity (Wildman–Crippen MR) is 105 cm³/mol. The first-order chi connectivity index (χ1) is 12.9. The van der Waals surface area contributed by atoms with Crippen LogP contribution >= 0.6 is 0 Å². The first kappa shape index (κ1) is 19.5. The zero-order valence-electron chi connectivity index (χ0n) is 15.6. The molecule has 7 heteroatoms. The number of nitrogens with zero attached hydrogens (tertiary/aromatic N) is 2. The molecule has 27 heavy (non-hydrogen) atoms. The van der Waals surface area contributed by atoms with Crippen molar-refractivity contribution < 1.29 is 13.2 Å². The third-order valence-electron chi connectivity index (χ3n) is 4.78. The Morgan fingerprint density at radius 3 is 2.56 bits per heavy atom. The van der Waals surface area contributed by atoms with E-state index >= 15 is 0 Å². The number of nitrogens with one attached hydrogen (secondary N) is 1. The van der Waals surface area contributed by atoms with E-state index in [9.17, 15) is 13.2 Å². The van der Waals surface area contributed by atoms with Crippen LogP contribution in [-0.4, -0.2) is 30.2 Å². The summed E-state index contributed by atoms with van der Waals surface area (Å²) >= 11 is 0. The van der Waals surface area contributed by atoms with Crippen molar-refractivity contribution in [3.8, 4) is 0 Å². The number of sulfonamides is 1. The fourth-order valence-corrected chi connectivity index (χ4v) is 4.91. The molecular weight excluding hydrogens is 362 g/mol. The third kappa shape index (κ3) is 4.36. The van der Waals surface area contributed by atoms with Crippen LogP contribution in [0.5, 0.6) is 0 Å². The van der Waals surface area contributed by atoms with Gasteiger partial charge in [0, 0.05) is 30.5 Å². The van der Waals surface area contributed by atoms with Crippen molar-refractivity contribution in [2.75, 3.05) is 11.9 Å². The molecule has 1 N–H and O–H groups in total. The van der Waals surface area contributed by atoms with Gasteiger partial charge < -0.3 is 5.32 Å². The summed E-state index contributed by atoms with van der Waals surface area (Å²) in [6.45, 7) is 4.11. The highest BCUT2D eigenvalue weighted by Gasteiger charge is 2.34. The van der Waals surface area contributed by atoms with Crippen molar-refractivity contribution in [1.29, 1.82) is 0 Å². The van der Waals surface area contributed by atoms with E-state index in [0.29, 0.717) is 12.2 Å². The summed E-state index contributed by atoms with van der Waals surface area (Å²) in [5, 5.41) is 2.78. The summed E-state index contributed by atoms with van der Waals surface area (Å²) in [5.41, 5.74) is 1.51. The van der Waals surface area contributed by atoms with Crippen LogP contribution in [0, 0.1) is 5.92 Å². The van der Waals surface area contributed by atoms with E-state index in [1.165, 1.54) is 0 Å². The minimum absolute atomic E-state index is 0.0988. The van der Waals surface area contributed by atoms with Crippen LogP contribution in [-0.2, 0) is 14.8 Å². The van der Waals surface area contributed by atoms with Crippen LogP contribution in [0.15, 0.2) is 53.7 Å². The molecule has 1 saturated heterocycles. The van der Waals surface area contributed by atoms with Gasteiger partial charge in [-0.2, -0.15) is 4.31 Å². The lowest BCUT2D eigenvalue weighted by Crippen LogP contribution is -2.38. The number of piperidine rings is 1. The molecule has 1 unspecified atom stereocenters. The van der Waals surface area contributed by atoms with Crippen molar-refractivity contribution >= 4 is 21.6 Å². The third-order valence-corrected chi connectivity index (χ3v) is 6.70. The maximum absolute atomic E-state index is 13.2. The van der Waals surface area contributed by atoms with Crippen molar-refractivity contribution in [3.63, 3.8) is 0 Å². The van der Waals surface area contributed by atoms with Crippen LogP contribution < -0.4 is 5.32 Å². The van der Waals surface area contributed by atoms with Gasteiger partial charge in [-0.15, -0.1) is 0 Å². The molecule has 0 radical (unpaired) electrons. The molecule has 0 aliphatic carbocycles. The molecule has 144 valence electrons. The van der Waals surface area contributed by atoms with Crippen molar-refractivity contribution in [1.82, 2.24) is 9.29 Å². The largest absolute Gasteiger partial charge is 0.326 e. The van der Waals surface area contributed by atoms with Gasteiger partial charge in [0.25, 0.3) is 0 Å². The molecule has 3 rings (SSSR count). The zero-order chi connectivity index (χ0) is 19.4. The number of carbonyl (C=O) groups is 1. The Labute approximate surface area is 160 Å². The van der Waals surface area contributed by atoms with Crippen molar-refractivity contribution in [2.24, 2.45) is 5.92 Å². The molecule has 1 amide bonds. The number of pyridine rings is 1. The van der Waals surface area contributed by atoms with Crippen LogP contribution in [0.25, 0.3) is 0 Å². The quantitative estimate of drug-likeness (QED) is 0.850. The summed E-state index contributed by atoms with van der Waals surface area (Å²) in [6.07, 6.45) is 6.05. The van der Waals surface area contributed by atoms with Gasteiger partial charge in [0.15, 0.2) is 0 Å². The normalized spacial score (nSPS) is 18.4. The predicted octanol–water partition coefficient (Wildman–Crippen LogP) is 3.59. The number of hydrogen-bond acceptors (Lipinski definition) is 4. The lowest BCUT2D eigenvalue weighted by molar-refractivity contribution is -0.118. The van der Waals surface area contributed by atoms with Crippen molar-refractivity contribution in [2.45, 2.75) is 44.0 Å². The molecule has 1 aromatic heterocycles. The Kier molecular flexibility index (Phi) is 5.92. The molecule has 1 aliphatic heterocycles. The first-order valence-corrected chi connectivity index (χ1v) is 10.7. The van der Waals surface area contributed by atoms with Gasteiger partial charge in [0.2, 0.25) is 15.9 Å². The molecule has 1 atom stereocenters. The average molecular weight is 388 g/mol. The second-order valence-corrected chi connectivity index (χ2v) is 8.97. The minimum Gasteiger partial charge on any atom is -0.326 e. The average Bonchev–Trinajstić information content (AvgIpc) is 2.69. The molecule has 2 aromatic rings. The standard InChI is InChI=1S/C20H25N3O3S/c1-15(2)20(24)22-17-8-10-18(11-9-17)27(25,26)23-13-4-3-7-19(23)16-6-5-12-21-14-16/h5-6,8-12,14-15,19H,3-4,7,13H2,1-2H3,(H,22,24). The van der Waals surface area contributed by atoms with E-state index in [1.807, 2.05) is 26.0 Å². The van der Waals surface area contributed by atoms with Gasteiger partial charge >= 0.3 is 0 Å².